The number of ether oxygens (including phenoxy) is 1. The number of nitro groups is 1. The highest BCUT2D eigenvalue weighted by atomic mass is 16.6. The van der Waals surface area contributed by atoms with E-state index in [1.165, 1.54) is 19.2 Å². The number of amides is 1. The number of nitrogens with one attached hydrogen (secondary N) is 1. The molecule has 0 spiro atoms. The standard InChI is InChI=1S/C18H21N3O4/c1-4-20(5-2)14-8-6-13(7-9-14)18(22)19-16-11-10-15(25-3)12-17(16)21(23)24/h6-12H,4-5H2,1-3H3,(H,19,22). The van der Waals surface area contributed by atoms with Gasteiger partial charge in [-0.05, 0) is 50.2 Å². The molecule has 0 radical (unpaired) electrons. The van der Waals surface area contributed by atoms with E-state index >= 15 is 0 Å². The van der Waals surface area contributed by atoms with Crippen molar-refractivity contribution in [3.8, 4) is 5.75 Å². The van der Waals surface area contributed by atoms with E-state index in [0.29, 0.717) is 11.3 Å². The molecule has 0 unspecified atom stereocenters. The first kappa shape index (κ1) is 18.3. The number of hydrogen-bond acceptors (Lipinski definition) is 5. The fourth-order valence-electron chi connectivity index (χ4n) is 2.50. The highest BCUT2D eigenvalue weighted by Crippen LogP contribution is 2.29. The van der Waals surface area contributed by atoms with Crippen molar-refractivity contribution in [3.05, 3.63) is 58.1 Å². The lowest BCUT2D eigenvalue weighted by Gasteiger charge is -2.21. The second-order valence-electron chi connectivity index (χ2n) is 5.31. The number of carbonyl (C=O) groups is 1. The maximum Gasteiger partial charge on any atom is 0.296 e. The molecule has 2 rings (SSSR count). The average Bonchev–Trinajstić information content (AvgIpc) is 2.63. The quantitative estimate of drug-likeness (QED) is 0.612. The van der Waals surface area contributed by atoms with Crippen LogP contribution in [0.3, 0.4) is 0 Å². The highest BCUT2D eigenvalue weighted by Gasteiger charge is 2.18. The van der Waals surface area contributed by atoms with Gasteiger partial charge in [0.2, 0.25) is 0 Å². The summed E-state index contributed by atoms with van der Waals surface area (Å²) in [6.45, 7) is 5.88. The van der Waals surface area contributed by atoms with E-state index in [2.05, 4.69) is 24.1 Å². The number of hydrogen-bond donors (Lipinski definition) is 1. The summed E-state index contributed by atoms with van der Waals surface area (Å²) in [6, 6.07) is 11.4. The molecule has 25 heavy (non-hydrogen) atoms. The minimum Gasteiger partial charge on any atom is -0.496 e. The summed E-state index contributed by atoms with van der Waals surface area (Å²) in [7, 11) is 1.43. The normalized spacial score (nSPS) is 10.2. The molecule has 7 nitrogen and oxygen atoms in total. The SMILES string of the molecule is CCN(CC)c1ccc(C(=O)Nc2ccc(OC)cc2[N+](=O)[O-])cc1. The van der Waals surface area contributed by atoms with Crippen molar-refractivity contribution in [3.63, 3.8) is 0 Å². The number of nitrogens with zero attached hydrogens (tertiary/aromatic N) is 2. The van der Waals surface area contributed by atoms with Crippen LogP contribution in [0.25, 0.3) is 0 Å². The predicted molar refractivity (Wildman–Crippen MR) is 97.6 cm³/mol. The van der Waals surface area contributed by atoms with E-state index in [9.17, 15) is 14.9 Å². The van der Waals surface area contributed by atoms with Gasteiger partial charge in [-0.25, -0.2) is 0 Å². The Kier molecular flexibility index (Phi) is 5.94. The van der Waals surface area contributed by atoms with Crippen molar-refractivity contribution >= 4 is 23.0 Å². The lowest BCUT2D eigenvalue weighted by molar-refractivity contribution is -0.384. The third-order valence-electron chi connectivity index (χ3n) is 3.91. The molecular weight excluding hydrogens is 322 g/mol. The van der Waals surface area contributed by atoms with Gasteiger partial charge in [-0.3, -0.25) is 14.9 Å². The van der Waals surface area contributed by atoms with E-state index < -0.39 is 10.8 Å². The molecule has 0 aliphatic heterocycles. The Morgan fingerprint density at radius 2 is 1.80 bits per heavy atom. The summed E-state index contributed by atoms with van der Waals surface area (Å²) in [4.78, 5) is 25.2. The zero-order chi connectivity index (χ0) is 18.4. The largest absolute Gasteiger partial charge is 0.496 e. The van der Waals surface area contributed by atoms with Crippen molar-refractivity contribution < 1.29 is 14.5 Å². The van der Waals surface area contributed by atoms with Crippen LogP contribution in [0.2, 0.25) is 0 Å². The van der Waals surface area contributed by atoms with Gasteiger partial charge in [0, 0.05) is 24.3 Å². The molecule has 0 bridgehead atoms. The van der Waals surface area contributed by atoms with Gasteiger partial charge >= 0.3 is 0 Å². The van der Waals surface area contributed by atoms with Gasteiger partial charge in [-0.1, -0.05) is 0 Å². The van der Waals surface area contributed by atoms with Crippen LogP contribution in [0, 0.1) is 10.1 Å². The van der Waals surface area contributed by atoms with Crippen LogP contribution < -0.4 is 15.0 Å². The van der Waals surface area contributed by atoms with Gasteiger partial charge in [0.05, 0.1) is 18.1 Å². The molecular formula is C18H21N3O4. The summed E-state index contributed by atoms with van der Waals surface area (Å²) in [5.74, 6) is -0.0485. The van der Waals surface area contributed by atoms with Crippen LogP contribution in [0.1, 0.15) is 24.2 Å². The van der Waals surface area contributed by atoms with E-state index in [1.54, 1.807) is 18.2 Å². The first-order chi connectivity index (χ1) is 12.0. The Hall–Kier alpha value is -3.09. The maximum absolute atomic E-state index is 12.4. The molecule has 2 aromatic carbocycles. The zero-order valence-corrected chi connectivity index (χ0v) is 14.5. The van der Waals surface area contributed by atoms with Gasteiger partial charge in [0.1, 0.15) is 11.4 Å². The lowest BCUT2D eigenvalue weighted by Crippen LogP contribution is -2.21. The first-order valence-corrected chi connectivity index (χ1v) is 7.98. The number of anilines is 2. The van der Waals surface area contributed by atoms with E-state index in [1.807, 2.05) is 12.1 Å². The fourth-order valence-corrected chi connectivity index (χ4v) is 2.50. The van der Waals surface area contributed by atoms with Crippen LogP contribution in [-0.4, -0.2) is 31.0 Å². The van der Waals surface area contributed by atoms with Gasteiger partial charge in [0.15, 0.2) is 0 Å². The molecule has 0 fully saturated rings. The Morgan fingerprint density at radius 1 is 1.16 bits per heavy atom. The molecule has 0 saturated carbocycles. The molecule has 2 aromatic rings. The summed E-state index contributed by atoms with van der Waals surface area (Å²) in [5, 5.41) is 13.8. The van der Waals surface area contributed by atoms with Crippen molar-refractivity contribution in [2.45, 2.75) is 13.8 Å². The van der Waals surface area contributed by atoms with Gasteiger partial charge in [0.25, 0.3) is 11.6 Å². The van der Waals surface area contributed by atoms with Crippen LogP contribution in [-0.2, 0) is 0 Å². The lowest BCUT2D eigenvalue weighted by atomic mass is 10.1. The minimum atomic E-state index is -0.554. The van der Waals surface area contributed by atoms with E-state index in [4.69, 9.17) is 4.74 Å². The first-order valence-electron chi connectivity index (χ1n) is 7.98. The number of nitro benzene ring substituents is 1. The second-order valence-corrected chi connectivity index (χ2v) is 5.31. The Bertz CT molecular complexity index is 755. The molecule has 0 heterocycles. The molecule has 7 heteroatoms. The van der Waals surface area contributed by atoms with Crippen LogP contribution in [0.4, 0.5) is 17.1 Å². The predicted octanol–water partition coefficient (Wildman–Crippen LogP) is 3.70. The summed E-state index contributed by atoms with van der Waals surface area (Å²) < 4.78 is 4.98. The number of methoxy groups -OCH3 is 1. The van der Waals surface area contributed by atoms with Crippen LogP contribution in [0.15, 0.2) is 42.5 Å². The van der Waals surface area contributed by atoms with Gasteiger partial charge < -0.3 is 15.0 Å². The summed E-state index contributed by atoms with van der Waals surface area (Å²) >= 11 is 0. The van der Waals surface area contributed by atoms with Crippen molar-refractivity contribution in [1.29, 1.82) is 0 Å². The number of carbonyl (C=O) groups excluding carboxylic acids is 1. The molecule has 1 amide bonds. The van der Waals surface area contributed by atoms with Crippen LogP contribution in [0.5, 0.6) is 5.75 Å². The Morgan fingerprint density at radius 3 is 2.32 bits per heavy atom. The topological polar surface area (TPSA) is 84.7 Å². The van der Waals surface area contributed by atoms with E-state index in [-0.39, 0.29) is 11.4 Å². The number of benzene rings is 2. The van der Waals surface area contributed by atoms with E-state index in [0.717, 1.165) is 18.8 Å². The third-order valence-corrected chi connectivity index (χ3v) is 3.91. The van der Waals surface area contributed by atoms with Crippen molar-refractivity contribution in [2.24, 2.45) is 0 Å². The Balaban J connectivity index is 2.21. The molecule has 0 saturated heterocycles. The highest BCUT2D eigenvalue weighted by molar-refractivity contribution is 6.05. The molecule has 0 aromatic heterocycles. The third kappa shape index (κ3) is 4.26. The zero-order valence-electron chi connectivity index (χ0n) is 14.5. The van der Waals surface area contributed by atoms with Crippen LogP contribution >= 0.6 is 0 Å². The molecule has 132 valence electrons. The van der Waals surface area contributed by atoms with Gasteiger partial charge in [-0.2, -0.15) is 0 Å². The number of rotatable bonds is 7. The fraction of sp³-hybridized carbons (Fsp3) is 0.278. The molecule has 0 atom stereocenters. The summed E-state index contributed by atoms with van der Waals surface area (Å²) in [6.07, 6.45) is 0. The Labute approximate surface area is 146 Å². The molecule has 0 aliphatic carbocycles. The minimum absolute atomic E-state index is 0.128. The van der Waals surface area contributed by atoms with Crippen molar-refractivity contribution in [1.82, 2.24) is 0 Å². The second kappa shape index (κ2) is 8.14. The maximum atomic E-state index is 12.4. The molecule has 1 N–H and O–H groups in total. The van der Waals surface area contributed by atoms with Gasteiger partial charge in [-0.15, -0.1) is 0 Å². The smallest absolute Gasteiger partial charge is 0.296 e. The molecule has 0 aliphatic rings. The average molecular weight is 343 g/mol. The van der Waals surface area contributed by atoms with Crippen molar-refractivity contribution in [2.75, 3.05) is 30.4 Å². The monoisotopic (exact) mass is 343 g/mol. The summed E-state index contributed by atoms with van der Waals surface area (Å²) in [5.41, 5.74) is 1.37.